The van der Waals surface area contributed by atoms with Gasteiger partial charge in [-0.05, 0) is 66.4 Å². The molecule has 0 radical (unpaired) electrons. The van der Waals surface area contributed by atoms with Crippen LogP contribution in [0, 0.1) is 12.3 Å². The number of nitrogens with one attached hydrogen (secondary N) is 2. The van der Waals surface area contributed by atoms with Gasteiger partial charge < -0.3 is 24.1 Å². The zero-order chi connectivity index (χ0) is 29.1. The molecule has 3 heterocycles. The van der Waals surface area contributed by atoms with Gasteiger partial charge in [0.15, 0.2) is 11.5 Å². The van der Waals surface area contributed by atoms with Crippen molar-refractivity contribution in [3.05, 3.63) is 105 Å². The van der Waals surface area contributed by atoms with Crippen LogP contribution in [0.1, 0.15) is 27.0 Å². The number of hydrogen-bond donors (Lipinski definition) is 2. The highest BCUT2D eigenvalue weighted by Gasteiger charge is 2.18. The standard InChI is InChI=1S/C31H31N5O5/c1-19-6-5-14-36-28(19)34-29-24(31(36)38)17-23(30(37)33-18-21-7-10-22(39-2)11-8-21)27(32)35(29)15-13-20-9-12-25(40-3)26(16-20)41-4/h5-12,14,16-17,32H,13,15,18H2,1-4H3,(H,33,37). The van der Waals surface area contributed by atoms with Gasteiger partial charge in [0.25, 0.3) is 11.5 Å². The first-order valence-corrected chi connectivity index (χ1v) is 13.1. The average Bonchev–Trinajstić information content (AvgIpc) is 3.00. The lowest BCUT2D eigenvalue weighted by atomic mass is 10.1. The van der Waals surface area contributed by atoms with Crippen LogP contribution in [0.5, 0.6) is 17.2 Å². The molecule has 5 rings (SSSR count). The fourth-order valence-electron chi connectivity index (χ4n) is 4.79. The number of amides is 1. The fourth-order valence-corrected chi connectivity index (χ4v) is 4.79. The average molecular weight is 554 g/mol. The summed E-state index contributed by atoms with van der Waals surface area (Å²) in [7, 11) is 4.74. The number of benzene rings is 2. The number of aromatic nitrogens is 3. The van der Waals surface area contributed by atoms with Gasteiger partial charge in [0.05, 0.1) is 32.3 Å². The van der Waals surface area contributed by atoms with Crippen LogP contribution in [0.2, 0.25) is 0 Å². The Kier molecular flexibility index (Phi) is 7.73. The van der Waals surface area contributed by atoms with Crippen molar-refractivity contribution in [3.8, 4) is 17.2 Å². The molecule has 3 aromatic heterocycles. The highest BCUT2D eigenvalue weighted by Crippen LogP contribution is 2.28. The third-order valence-corrected chi connectivity index (χ3v) is 7.06. The van der Waals surface area contributed by atoms with E-state index in [1.54, 1.807) is 38.2 Å². The van der Waals surface area contributed by atoms with E-state index in [0.717, 1.165) is 16.7 Å². The quantitative estimate of drug-likeness (QED) is 0.269. The van der Waals surface area contributed by atoms with Crippen molar-refractivity contribution in [3.63, 3.8) is 0 Å². The summed E-state index contributed by atoms with van der Waals surface area (Å²) in [6.07, 6.45) is 2.15. The van der Waals surface area contributed by atoms with Crippen molar-refractivity contribution in [2.75, 3.05) is 21.3 Å². The zero-order valence-electron chi connectivity index (χ0n) is 23.4. The Hall–Kier alpha value is -5.12. The molecule has 0 atom stereocenters. The molecule has 10 heteroatoms. The molecular formula is C31H31N5O5. The van der Waals surface area contributed by atoms with Crippen LogP contribution in [0.4, 0.5) is 0 Å². The minimum Gasteiger partial charge on any atom is -0.497 e. The van der Waals surface area contributed by atoms with Crippen LogP contribution in [-0.4, -0.2) is 41.2 Å². The summed E-state index contributed by atoms with van der Waals surface area (Å²) in [5, 5.41) is 12.2. The smallest absolute Gasteiger partial charge is 0.267 e. The molecule has 0 saturated heterocycles. The van der Waals surface area contributed by atoms with Crippen molar-refractivity contribution in [2.45, 2.75) is 26.4 Å². The number of ether oxygens (including phenoxy) is 3. The van der Waals surface area contributed by atoms with Crippen molar-refractivity contribution < 1.29 is 19.0 Å². The minimum atomic E-state index is -0.457. The Balaban J connectivity index is 1.58. The van der Waals surface area contributed by atoms with E-state index in [9.17, 15) is 9.59 Å². The first kappa shape index (κ1) is 27.4. The number of pyridine rings is 2. The van der Waals surface area contributed by atoms with E-state index in [1.807, 2.05) is 55.5 Å². The van der Waals surface area contributed by atoms with Crippen molar-refractivity contribution >= 4 is 22.6 Å². The SMILES string of the molecule is COc1ccc(CNC(=O)c2cc3c(=O)n4cccc(C)c4nc3n(CCc3ccc(OC)c(OC)c3)c2=N)cc1. The second-order valence-corrected chi connectivity index (χ2v) is 9.57. The summed E-state index contributed by atoms with van der Waals surface area (Å²) < 4.78 is 19.1. The molecule has 0 fully saturated rings. The number of nitrogens with zero attached hydrogens (tertiary/aromatic N) is 3. The third-order valence-electron chi connectivity index (χ3n) is 7.06. The molecule has 0 spiro atoms. The maximum absolute atomic E-state index is 13.6. The summed E-state index contributed by atoms with van der Waals surface area (Å²) in [6, 6.07) is 18.1. The van der Waals surface area contributed by atoms with E-state index in [-0.39, 0.29) is 28.5 Å². The largest absolute Gasteiger partial charge is 0.497 e. The lowest BCUT2D eigenvalue weighted by Gasteiger charge is -2.16. The number of fused-ring (bicyclic) bond motifs is 2. The molecule has 0 saturated carbocycles. The van der Waals surface area contributed by atoms with Crippen LogP contribution < -0.4 is 30.6 Å². The molecular weight excluding hydrogens is 522 g/mol. The van der Waals surface area contributed by atoms with Gasteiger partial charge in [-0.3, -0.25) is 19.4 Å². The number of rotatable bonds is 9. The minimum absolute atomic E-state index is 0.0324. The molecule has 1 amide bonds. The summed E-state index contributed by atoms with van der Waals surface area (Å²) >= 11 is 0. The Labute approximate surface area is 236 Å². The normalized spacial score (nSPS) is 11.0. The summed E-state index contributed by atoms with van der Waals surface area (Å²) in [5.41, 5.74) is 3.23. The maximum Gasteiger partial charge on any atom is 0.267 e. The summed E-state index contributed by atoms with van der Waals surface area (Å²) in [6.45, 7) is 2.43. The van der Waals surface area contributed by atoms with E-state index in [1.165, 1.54) is 10.5 Å². The van der Waals surface area contributed by atoms with E-state index in [2.05, 4.69) is 5.32 Å². The lowest BCUT2D eigenvalue weighted by molar-refractivity contribution is 0.0948. The van der Waals surface area contributed by atoms with Gasteiger partial charge in [-0.1, -0.05) is 24.3 Å². The topological polar surface area (TPSA) is 120 Å². The highest BCUT2D eigenvalue weighted by molar-refractivity contribution is 5.96. The van der Waals surface area contributed by atoms with Crippen molar-refractivity contribution in [1.29, 1.82) is 5.41 Å². The molecule has 10 nitrogen and oxygen atoms in total. The monoisotopic (exact) mass is 553 g/mol. The summed E-state index contributed by atoms with van der Waals surface area (Å²) in [5.74, 6) is 1.47. The molecule has 210 valence electrons. The first-order chi connectivity index (χ1) is 19.8. The van der Waals surface area contributed by atoms with E-state index in [0.29, 0.717) is 41.5 Å². The van der Waals surface area contributed by atoms with Crippen LogP contribution in [0.15, 0.2) is 71.7 Å². The fraction of sp³-hybridized carbons (Fsp3) is 0.226. The Bertz CT molecular complexity index is 1880. The van der Waals surface area contributed by atoms with Gasteiger partial charge in [0.2, 0.25) is 0 Å². The van der Waals surface area contributed by atoms with Crippen molar-refractivity contribution in [1.82, 2.24) is 19.3 Å². The predicted octanol–water partition coefficient (Wildman–Crippen LogP) is 3.64. The molecule has 0 aliphatic heterocycles. The molecule has 5 aromatic rings. The Morgan fingerprint density at radius 3 is 2.37 bits per heavy atom. The van der Waals surface area contributed by atoms with E-state index >= 15 is 0 Å². The predicted molar refractivity (Wildman–Crippen MR) is 155 cm³/mol. The number of carbonyl (C=O) groups excluding carboxylic acids is 1. The maximum atomic E-state index is 13.6. The lowest BCUT2D eigenvalue weighted by Crippen LogP contribution is -2.35. The molecule has 2 N–H and O–H groups in total. The Morgan fingerprint density at radius 2 is 1.66 bits per heavy atom. The number of aryl methyl sites for hydroxylation is 3. The van der Waals surface area contributed by atoms with Crippen molar-refractivity contribution in [2.24, 2.45) is 0 Å². The van der Waals surface area contributed by atoms with Gasteiger partial charge in [0, 0.05) is 19.3 Å². The second-order valence-electron chi connectivity index (χ2n) is 9.57. The molecule has 0 aliphatic rings. The molecule has 0 aliphatic carbocycles. The molecule has 0 unspecified atom stereocenters. The van der Waals surface area contributed by atoms with Gasteiger partial charge >= 0.3 is 0 Å². The van der Waals surface area contributed by atoms with Gasteiger partial charge in [-0.25, -0.2) is 4.98 Å². The van der Waals surface area contributed by atoms with E-state index in [4.69, 9.17) is 24.6 Å². The molecule has 2 aromatic carbocycles. The van der Waals surface area contributed by atoms with Crippen LogP contribution in [0.25, 0.3) is 16.7 Å². The third kappa shape index (κ3) is 5.36. The number of carbonyl (C=O) groups is 1. The first-order valence-electron chi connectivity index (χ1n) is 13.1. The van der Waals surface area contributed by atoms with Crippen LogP contribution >= 0.6 is 0 Å². The zero-order valence-corrected chi connectivity index (χ0v) is 23.4. The molecule has 0 bridgehead atoms. The van der Waals surface area contributed by atoms with Gasteiger partial charge in [-0.2, -0.15) is 0 Å². The van der Waals surface area contributed by atoms with Crippen LogP contribution in [-0.2, 0) is 19.5 Å². The highest BCUT2D eigenvalue weighted by atomic mass is 16.5. The second kappa shape index (κ2) is 11.5. The molecule has 41 heavy (non-hydrogen) atoms. The number of methoxy groups -OCH3 is 3. The number of hydrogen-bond acceptors (Lipinski definition) is 7. The van der Waals surface area contributed by atoms with Crippen LogP contribution in [0.3, 0.4) is 0 Å². The van der Waals surface area contributed by atoms with E-state index < -0.39 is 5.91 Å². The van der Waals surface area contributed by atoms with Gasteiger partial charge in [-0.15, -0.1) is 0 Å². The summed E-state index contributed by atoms with van der Waals surface area (Å²) in [4.78, 5) is 31.8. The van der Waals surface area contributed by atoms with Gasteiger partial charge in [0.1, 0.15) is 22.5 Å². The Morgan fingerprint density at radius 1 is 0.927 bits per heavy atom.